The molecule has 9 heteroatoms. The molecular formula is C26H33N3O5S. The van der Waals surface area contributed by atoms with Gasteiger partial charge in [-0.3, -0.25) is 4.79 Å². The number of amides is 1. The summed E-state index contributed by atoms with van der Waals surface area (Å²) in [5.74, 6) is -1.39. The quantitative estimate of drug-likeness (QED) is 0.523. The molecule has 1 aliphatic carbocycles. The maximum atomic E-state index is 12.8. The molecule has 8 nitrogen and oxygen atoms in total. The van der Waals surface area contributed by atoms with E-state index in [1.54, 1.807) is 24.3 Å². The van der Waals surface area contributed by atoms with Crippen molar-refractivity contribution < 1.29 is 23.1 Å². The molecular weight excluding hydrogens is 466 g/mol. The number of nitrogens with one attached hydrogen (secondary N) is 2. The van der Waals surface area contributed by atoms with Gasteiger partial charge in [0.05, 0.1) is 16.5 Å². The van der Waals surface area contributed by atoms with Crippen molar-refractivity contribution in [2.75, 3.05) is 23.7 Å². The van der Waals surface area contributed by atoms with Crippen molar-refractivity contribution in [1.29, 1.82) is 0 Å². The molecule has 2 aromatic carbocycles. The summed E-state index contributed by atoms with van der Waals surface area (Å²) in [7, 11) is -3.29. The highest BCUT2D eigenvalue weighted by Crippen LogP contribution is 2.33. The molecule has 188 valence electrons. The number of nitrogens with zero attached hydrogens (tertiary/aromatic N) is 1. The molecule has 1 saturated carbocycles. The van der Waals surface area contributed by atoms with Crippen LogP contribution in [0.3, 0.4) is 0 Å². The number of carboxylic acid groups (broad SMARTS) is 1. The summed E-state index contributed by atoms with van der Waals surface area (Å²) in [5.41, 5.74) is 2.49. The molecule has 1 aliphatic heterocycles. The van der Waals surface area contributed by atoms with Crippen LogP contribution in [0.2, 0.25) is 0 Å². The number of hydrogen-bond acceptors (Lipinski definition) is 5. The molecule has 0 spiro atoms. The number of rotatable bonds is 7. The van der Waals surface area contributed by atoms with Crippen LogP contribution in [0.25, 0.3) is 0 Å². The smallest absolute Gasteiger partial charge is 0.337 e. The Morgan fingerprint density at radius 1 is 1.03 bits per heavy atom. The van der Waals surface area contributed by atoms with Crippen LogP contribution >= 0.6 is 0 Å². The number of benzene rings is 2. The van der Waals surface area contributed by atoms with Crippen molar-refractivity contribution in [2.45, 2.75) is 63.2 Å². The lowest BCUT2D eigenvalue weighted by Crippen LogP contribution is -2.46. The van der Waals surface area contributed by atoms with Crippen molar-refractivity contribution in [3.63, 3.8) is 0 Å². The van der Waals surface area contributed by atoms with Gasteiger partial charge in [0.2, 0.25) is 10.0 Å². The maximum Gasteiger partial charge on any atom is 0.337 e. The monoisotopic (exact) mass is 499 g/mol. The van der Waals surface area contributed by atoms with E-state index in [2.05, 4.69) is 31.4 Å². The third-order valence-corrected chi connectivity index (χ3v) is 8.94. The molecule has 2 aliphatic rings. The number of hydrogen-bond donors (Lipinski definition) is 3. The van der Waals surface area contributed by atoms with Gasteiger partial charge in [-0.15, -0.1) is 0 Å². The van der Waals surface area contributed by atoms with Crippen molar-refractivity contribution >= 4 is 33.3 Å². The van der Waals surface area contributed by atoms with Crippen molar-refractivity contribution in [3.8, 4) is 0 Å². The van der Waals surface area contributed by atoms with Crippen LogP contribution in [-0.2, 0) is 15.4 Å². The third kappa shape index (κ3) is 5.85. The minimum Gasteiger partial charge on any atom is -0.478 e. The summed E-state index contributed by atoms with van der Waals surface area (Å²) in [6, 6.07) is 11.8. The van der Waals surface area contributed by atoms with Gasteiger partial charge in [-0.25, -0.2) is 13.2 Å². The normalized spacial score (nSPS) is 19.2. The highest BCUT2D eigenvalue weighted by molar-refractivity contribution is 7.90. The standard InChI is InChI=1S/C26H33N3O5S/c1-26(2,3)18-8-6-17(7-9-18)24(30)28-19-10-13-22(25(31)32)23(15-19)27-20-5-4-14-29(16-20)35(33,34)21-11-12-21/h6-10,13,15,20-21,27H,4-5,11-12,14,16H2,1-3H3,(H,28,30)(H,31,32). The van der Waals surface area contributed by atoms with Crippen molar-refractivity contribution in [2.24, 2.45) is 0 Å². The lowest BCUT2D eigenvalue weighted by Gasteiger charge is -2.33. The Balaban J connectivity index is 1.49. The van der Waals surface area contributed by atoms with Crippen LogP contribution in [0.15, 0.2) is 42.5 Å². The zero-order valence-corrected chi connectivity index (χ0v) is 21.2. The number of carbonyl (C=O) groups excluding carboxylic acids is 1. The van der Waals surface area contributed by atoms with E-state index >= 15 is 0 Å². The van der Waals surface area contributed by atoms with Gasteiger partial charge >= 0.3 is 5.97 Å². The van der Waals surface area contributed by atoms with Gasteiger partial charge in [0.25, 0.3) is 5.91 Å². The molecule has 0 radical (unpaired) electrons. The molecule has 1 unspecified atom stereocenters. The van der Waals surface area contributed by atoms with E-state index < -0.39 is 16.0 Å². The van der Waals surface area contributed by atoms with Crippen LogP contribution < -0.4 is 10.6 Å². The topological polar surface area (TPSA) is 116 Å². The average Bonchev–Trinajstić information content (AvgIpc) is 3.65. The highest BCUT2D eigenvalue weighted by Gasteiger charge is 2.41. The summed E-state index contributed by atoms with van der Waals surface area (Å²) < 4.78 is 26.9. The number of carboxylic acids is 1. The summed E-state index contributed by atoms with van der Waals surface area (Å²) in [4.78, 5) is 24.6. The first-order valence-electron chi connectivity index (χ1n) is 12.0. The summed E-state index contributed by atoms with van der Waals surface area (Å²) in [6.07, 6.45) is 2.85. The Morgan fingerprint density at radius 2 is 1.71 bits per heavy atom. The van der Waals surface area contributed by atoms with Gasteiger partial charge in [-0.05, 0) is 67.0 Å². The summed E-state index contributed by atoms with van der Waals surface area (Å²) in [6.45, 7) is 7.11. The Labute approximate surface area is 206 Å². The maximum absolute atomic E-state index is 12.8. The molecule has 4 rings (SSSR count). The predicted molar refractivity (Wildman–Crippen MR) is 137 cm³/mol. The van der Waals surface area contributed by atoms with Crippen LogP contribution in [0.4, 0.5) is 11.4 Å². The zero-order chi connectivity index (χ0) is 25.4. The molecule has 2 fully saturated rings. The second kappa shape index (κ2) is 9.62. The van der Waals surface area contributed by atoms with Gasteiger partial charge in [0.1, 0.15) is 0 Å². The van der Waals surface area contributed by atoms with Crippen molar-refractivity contribution in [1.82, 2.24) is 4.31 Å². The van der Waals surface area contributed by atoms with Crippen molar-refractivity contribution in [3.05, 3.63) is 59.2 Å². The fourth-order valence-electron chi connectivity index (χ4n) is 4.34. The van der Waals surface area contributed by atoms with E-state index in [0.717, 1.165) is 12.0 Å². The lowest BCUT2D eigenvalue weighted by molar-refractivity contribution is 0.0697. The van der Waals surface area contributed by atoms with E-state index in [0.29, 0.717) is 49.3 Å². The minimum atomic E-state index is -3.29. The zero-order valence-electron chi connectivity index (χ0n) is 20.4. The minimum absolute atomic E-state index is 0.0189. The first kappa shape index (κ1) is 25.2. The van der Waals surface area contributed by atoms with E-state index in [1.807, 2.05) is 12.1 Å². The summed E-state index contributed by atoms with van der Waals surface area (Å²) >= 11 is 0. The molecule has 35 heavy (non-hydrogen) atoms. The van der Waals surface area contributed by atoms with Crippen LogP contribution in [0, 0.1) is 0 Å². The Hall–Kier alpha value is -2.91. The second-order valence-corrected chi connectivity index (χ2v) is 12.6. The fourth-order valence-corrected chi connectivity index (χ4v) is 6.27. The fraction of sp³-hybridized carbons (Fsp3) is 0.462. The third-order valence-electron chi connectivity index (χ3n) is 6.57. The van der Waals surface area contributed by atoms with Gasteiger partial charge in [-0.2, -0.15) is 4.31 Å². The van der Waals surface area contributed by atoms with E-state index in [-0.39, 0.29) is 28.2 Å². The molecule has 0 bridgehead atoms. The van der Waals surface area contributed by atoms with E-state index in [1.165, 1.54) is 10.4 Å². The molecule has 1 saturated heterocycles. The van der Waals surface area contributed by atoms with Crippen LogP contribution in [0.5, 0.6) is 0 Å². The Kier molecular flexibility index (Phi) is 6.92. The number of aromatic carboxylic acids is 1. The first-order valence-corrected chi connectivity index (χ1v) is 13.5. The molecule has 2 aromatic rings. The molecule has 1 heterocycles. The van der Waals surface area contributed by atoms with Gasteiger partial charge in [-0.1, -0.05) is 32.9 Å². The second-order valence-electron chi connectivity index (χ2n) is 10.4. The summed E-state index contributed by atoms with van der Waals surface area (Å²) in [5, 5.41) is 15.5. The SMILES string of the molecule is CC(C)(C)c1ccc(C(=O)Nc2ccc(C(=O)O)c(NC3CCCN(S(=O)(=O)C4CC4)C3)c2)cc1. The Morgan fingerprint density at radius 3 is 2.31 bits per heavy atom. The molecule has 3 N–H and O–H groups in total. The van der Waals surface area contributed by atoms with Gasteiger partial charge < -0.3 is 15.7 Å². The van der Waals surface area contributed by atoms with Gasteiger partial charge in [0.15, 0.2) is 0 Å². The predicted octanol–water partition coefficient (Wildman–Crippen LogP) is 4.30. The Bertz CT molecular complexity index is 1210. The number of carbonyl (C=O) groups is 2. The average molecular weight is 500 g/mol. The van der Waals surface area contributed by atoms with Crippen LogP contribution in [0.1, 0.15) is 72.7 Å². The number of sulfonamides is 1. The lowest BCUT2D eigenvalue weighted by atomic mass is 9.87. The highest BCUT2D eigenvalue weighted by atomic mass is 32.2. The number of anilines is 2. The largest absolute Gasteiger partial charge is 0.478 e. The number of piperidine rings is 1. The first-order chi connectivity index (χ1) is 16.4. The molecule has 0 aromatic heterocycles. The van der Waals surface area contributed by atoms with E-state index in [4.69, 9.17) is 0 Å². The van der Waals surface area contributed by atoms with E-state index in [9.17, 15) is 23.1 Å². The van der Waals surface area contributed by atoms with Gasteiger partial charge in [0, 0.05) is 30.4 Å². The molecule has 1 amide bonds. The molecule has 1 atom stereocenters. The van der Waals surface area contributed by atoms with Crippen LogP contribution in [-0.4, -0.2) is 54.1 Å².